The summed E-state index contributed by atoms with van der Waals surface area (Å²) in [7, 11) is 0. The molecule has 0 amide bonds. The molecule has 2 aliphatic rings. The normalized spacial score (nSPS) is 31.3. The summed E-state index contributed by atoms with van der Waals surface area (Å²) >= 11 is 6.32. The maximum absolute atomic E-state index is 11.5. The molecule has 0 heterocycles. The molecule has 0 spiro atoms. The Hall–Kier alpha value is -0.530. The van der Waals surface area contributed by atoms with Crippen molar-refractivity contribution in [2.24, 2.45) is 11.8 Å². The van der Waals surface area contributed by atoms with Crippen LogP contribution in [0.5, 0.6) is 0 Å². The summed E-state index contributed by atoms with van der Waals surface area (Å²) in [5.74, 6) is 1.12. The second-order valence-corrected chi connectivity index (χ2v) is 7.55. The molecule has 1 aromatic carbocycles. The molecule has 116 valence electrons. The van der Waals surface area contributed by atoms with Crippen LogP contribution in [0.4, 0.5) is 0 Å². The second kappa shape index (κ2) is 6.30. The molecule has 2 unspecified atom stereocenters. The molecule has 21 heavy (non-hydrogen) atoms. The molecule has 2 aliphatic carbocycles. The lowest BCUT2D eigenvalue weighted by Gasteiger charge is -2.45. The molecule has 2 fully saturated rings. The van der Waals surface area contributed by atoms with E-state index in [4.69, 9.17) is 11.6 Å². The standard InChI is InChI=1S/C19H27ClO/c1-14-10-11-16(13-18(14)20)19(21)12-6-5-9-17(19)15-7-3-2-4-8-15/h10-11,13,15,17,21H,2-9,12H2,1H3. The van der Waals surface area contributed by atoms with Gasteiger partial charge in [0.2, 0.25) is 0 Å². The van der Waals surface area contributed by atoms with Crippen molar-refractivity contribution in [1.82, 2.24) is 0 Å². The number of benzene rings is 1. The summed E-state index contributed by atoms with van der Waals surface area (Å²) in [5.41, 5.74) is 1.49. The number of halogens is 1. The van der Waals surface area contributed by atoms with E-state index in [-0.39, 0.29) is 0 Å². The lowest BCUT2D eigenvalue weighted by molar-refractivity contribution is -0.0835. The van der Waals surface area contributed by atoms with Crippen LogP contribution in [-0.2, 0) is 5.60 Å². The van der Waals surface area contributed by atoms with Crippen molar-refractivity contribution in [1.29, 1.82) is 0 Å². The molecule has 0 saturated heterocycles. The fourth-order valence-electron chi connectivity index (χ4n) is 4.57. The van der Waals surface area contributed by atoms with Crippen LogP contribution in [0.25, 0.3) is 0 Å². The van der Waals surface area contributed by atoms with Gasteiger partial charge in [-0.1, -0.05) is 68.7 Å². The van der Waals surface area contributed by atoms with Gasteiger partial charge in [0.25, 0.3) is 0 Å². The molecule has 1 aromatic rings. The van der Waals surface area contributed by atoms with Crippen LogP contribution in [0, 0.1) is 18.8 Å². The molecule has 2 atom stereocenters. The maximum Gasteiger partial charge on any atom is 0.0927 e. The first kappa shape index (κ1) is 15.4. The van der Waals surface area contributed by atoms with Gasteiger partial charge in [0, 0.05) is 5.02 Å². The van der Waals surface area contributed by atoms with Crippen molar-refractivity contribution in [3.63, 3.8) is 0 Å². The highest BCUT2D eigenvalue weighted by atomic mass is 35.5. The zero-order chi connectivity index (χ0) is 14.9. The average Bonchev–Trinajstić information content (AvgIpc) is 2.51. The van der Waals surface area contributed by atoms with Gasteiger partial charge < -0.3 is 5.11 Å². The van der Waals surface area contributed by atoms with Crippen molar-refractivity contribution in [2.45, 2.75) is 70.3 Å². The first-order valence-corrected chi connectivity index (χ1v) is 8.98. The van der Waals surface area contributed by atoms with Crippen LogP contribution in [-0.4, -0.2) is 5.11 Å². The van der Waals surface area contributed by atoms with Gasteiger partial charge in [-0.2, -0.15) is 0 Å². The Labute approximate surface area is 133 Å². The Morgan fingerprint density at radius 3 is 2.48 bits per heavy atom. The van der Waals surface area contributed by atoms with E-state index in [1.807, 2.05) is 13.0 Å². The molecule has 0 aliphatic heterocycles. The van der Waals surface area contributed by atoms with E-state index in [0.717, 1.165) is 29.0 Å². The van der Waals surface area contributed by atoms with Gasteiger partial charge in [-0.3, -0.25) is 0 Å². The van der Waals surface area contributed by atoms with Crippen LogP contribution in [0.3, 0.4) is 0 Å². The average molecular weight is 307 g/mol. The minimum absolute atomic E-state index is 0.422. The van der Waals surface area contributed by atoms with E-state index in [9.17, 15) is 5.11 Å². The van der Waals surface area contributed by atoms with E-state index in [2.05, 4.69) is 12.1 Å². The molecule has 2 heteroatoms. The van der Waals surface area contributed by atoms with Gasteiger partial charge >= 0.3 is 0 Å². The van der Waals surface area contributed by atoms with Crippen LogP contribution in [0.1, 0.15) is 68.9 Å². The highest BCUT2D eigenvalue weighted by Crippen LogP contribution is 2.49. The van der Waals surface area contributed by atoms with Gasteiger partial charge in [0.1, 0.15) is 0 Å². The molecule has 0 bridgehead atoms. The number of hydrogen-bond acceptors (Lipinski definition) is 1. The summed E-state index contributed by atoms with van der Waals surface area (Å²) in [6.45, 7) is 2.02. The zero-order valence-corrected chi connectivity index (χ0v) is 13.8. The Balaban J connectivity index is 1.91. The van der Waals surface area contributed by atoms with Gasteiger partial charge in [0.15, 0.2) is 0 Å². The Kier molecular flexibility index (Phi) is 4.61. The third-order valence-electron chi connectivity index (χ3n) is 5.83. The van der Waals surface area contributed by atoms with Gasteiger partial charge in [-0.25, -0.2) is 0 Å². The van der Waals surface area contributed by atoms with E-state index in [1.54, 1.807) is 0 Å². The van der Waals surface area contributed by atoms with Gasteiger partial charge in [0.05, 0.1) is 5.60 Å². The highest BCUT2D eigenvalue weighted by Gasteiger charge is 2.44. The van der Waals surface area contributed by atoms with Gasteiger partial charge in [-0.05, 0) is 48.8 Å². The highest BCUT2D eigenvalue weighted by molar-refractivity contribution is 6.31. The first-order chi connectivity index (χ1) is 10.1. The smallest absolute Gasteiger partial charge is 0.0927 e. The van der Waals surface area contributed by atoms with Crippen molar-refractivity contribution in [3.05, 3.63) is 34.3 Å². The monoisotopic (exact) mass is 306 g/mol. The van der Waals surface area contributed by atoms with E-state index in [0.29, 0.717) is 11.8 Å². The van der Waals surface area contributed by atoms with Crippen LogP contribution >= 0.6 is 11.6 Å². The number of rotatable bonds is 2. The third-order valence-corrected chi connectivity index (χ3v) is 6.23. The molecule has 3 rings (SSSR count). The minimum atomic E-state index is -0.655. The van der Waals surface area contributed by atoms with E-state index >= 15 is 0 Å². The molecule has 1 nitrogen and oxygen atoms in total. The summed E-state index contributed by atoms with van der Waals surface area (Å²) < 4.78 is 0. The summed E-state index contributed by atoms with van der Waals surface area (Å²) in [6.07, 6.45) is 11.1. The van der Waals surface area contributed by atoms with Crippen molar-refractivity contribution >= 4 is 11.6 Å². The second-order valence-electron chi connectivity index (χ2n) is 7.14. The zero-order valence-electron chi connectivity index (χ0n) is 13.1. The number of hydrogen-bond donors (Lipinski definition) is 1. The summed E-state index contributed by atoms with van der Waals surface area (Å²) in [5, 5.41) is 12.3. The Morgan fingerprint density at radius 1 is 1.05 bits per heavy atom. The molecular formula is C19H27ClO. The lowest BCUT2D eigenvalue weighted by Crippen LogP contribution is -2.42. The minimum Gasteiger partial charge on any atom is -0.385 e. The molecule has 0 radical (unpaired) electrons. The molecule has 1 N–H and O–H groups in total. The molecule has 2 saturated carbocycles. The quantitative estimate of drug-likeness (QED) is 0.753. The predicted molar refractivity (Wildman–Crippen MR) is 88.6 cm³/mol. The fraction of sp³-hybridized carbons (Fsp3) is 0.684. The van der Waals surface area contributed by atoms with E-state index in [1.165, 1.54) is 44.9 Å². The van der Waals surface area contributed by atoms with Crippen molar-refractivity contribution in [2.75, 3.05) is 0 Å². The fourth-order valence-corrected chi connectivity index (χ4v) is 4.75. The van der Waals surface area contributed by atoms with Crippen molar-refractivity contribution < 1.29 is 5.11 Å². The number of aryl methyl sites for hydroxylation is 1. The van der Waals surface area contributed by atoms with Crippen LogP contribution in [0.2, 0.25) is 5.02 Å². The van der Waals surface area contributed by atoms with Crippen LogP contribution < -0.4 is 0 Å². The predicted octanol–water partition coefficient (Wildman–Crippen LogP) is 5.61. The molecular weight excluding hydrogens is 280 g/mol. The molecule has 0 aromatic heterocycles. The SMILES string of the molecule is Cc1ccc(C2(O)CCCCC2C2CCCCC2)cc1Cl. The van der Waals surface area contributed by atoms with Crippen LogP contribution in [0.15, 0.2) is 18.2 Å². The van der Waals surface area contributed by atoms with Gasteiger partial charge in [-0.15, -0.1) is 0 Å². The topological polar surface area (TPSA) is 20.2 Å². The Morgan fingerprint density at radius 2 is 1.76 bits per heavy atom. The first-order valence-electron chi connectivity index (χ1n) is 8.60. The summed E-state index contributed by atoms with van der Waals surface area (Å²) in [4.78, 5) is 0. The lowest BCUT2D eigenvalue weighted by atomic mass is 9.63. The number of aliphatic hydroxyl groups is 1. The van der Waals surface area contributed by atoms with Crippen molar-refractivity contribution in [3.8, 4) is 0 Å². The largest absolute Gasteiger partial charge is 0.385 e. The summed E-state index contributed by atoms with van der Waals surface area (Å²) in [6, 6.07) is 6.17. The maximum atomic E-state index is 11.5. The Bertz CT molecular complexity index is 492. The van der Waals surface area contributed by atoms with E-state index < -0.39 is 5.60 Å². The third kappa shape index (κ3) is 3.00.